The molecular weight excluding hydrogens is 383 g/mol. The Hall–Kier alpha value is -2.72. The van der Waals surface area contributed by atoms with Crippen molar-refractivity contribution < 1.29 is 26.0 Å². The molecule has 3 aromatic rings. The molecule has 0 aliphatic carbocycles. The van der Waals surface area contributed by atoms with E-state index in [9.17, 15) is 21.6 Å². The maximum absolute atomic E-state index is 13.0. The van der Waals surface area contributed by atoms with Crippen LogP contribution in [0.1, 0.15) is 23.4 Å². The minimum atomic E-state index is -3.79. The zero-order chi connectivity index (χ0) is 19.2. The van der Waals surface area contributed by atoms with Gasteiger partial charge in [-0.2, -0.15) is 13.1 Å². The molecule has 0 bridgehead atoms. The van der Waals surface area contributed by atoms with Gasteiger partial charge in [0.15, 0.2) is 0 Å². The van der Waals surface area contributed by atoms with E-state index in [1.807, 2.05) is 0 Å². The number of aromatic nitrogens is 2. The lowest BCUT2D eigenvalue weighted by Crippen LogP contribution is -2.23. The predicted molar refractivity (Wildman–Crippen MR) is 87.5 cm³/mol. The number of benzene rings is 2. The van der Waals surface area contributed by atoms with Gasteiger partial charge in [-0.1, -0.05) is 18.2 Å². The van der Waals surface area contributed by atoms with E-state index in [-0.39, 0.29) is 29.4 Å². The van der Waals surface area contributed by atoms with Gasteiger partial charge >= 0.3 is 6.43 Å². The van der Waals surface area contributed by atoms with Crippen LogP contribution in [0.25, 0.3) is 11.5 Å². The van der Waals surface area contributed by atoms with Gasteiger partial charge in [0.1, 0.15) is 5.82 Å². The number of rotatable bonds is 4. The molecule has 0 saturated heterocycles. The van der Waals surface area contributed by atoms with Crippen LogP contribution in [0.3, 0.4) is 0 Å². The summed E-state index contributed by atoms with van der Waals surface area (Å²) in [7, 11) is -3.79. The number of hydrogen-bond acceptors (Lipinski definition) is 5. The van der Waals surface area contributed by atoms with E-state index in [2.05, 4.69) is 10.2 Å². The zero-order valence-corrected chi connectivity index (χ0v) is 14.5. The molecule has 0 radical (unpaired) electrons. The number of alkyl halides is 2. The number of sulfonamides is 1. The molecule has 1 aliphatic heterocycles. The molecule has 0 amide bonds. The largest absolute Gasteiger partial charge is 0.415 e. The van der Waals surface area contributed by atoms with Gasteiger partial charge in [-0.05, 0) is 35.4 Å². The maximum Gasteiger partial charge on any atom is 0.314 e. The highest BCUT2D eigenvalue weighted by Gasteiger charge is 2.35. The second-order valence-corrected chi connectivity index (χ2v) is 7.87. The van der Waals surface area contributed by atoms with Gasteiger partial charge in [0.05, 0.1) is 4.90 Å². The third-order valence-electron chi connectivity index (χ3n) is 4.18. The molecule has 4 rings (SSSR count). The molecule has 0 spiro atoms. The van der Waals surface area contributed by atoms with Crippen molar-refractivity contribution in [3.8, 4) is 11.5 Å². The number of halogens is 3. The first-order chi connectivity index (χ1) is 12.8. The van der Waals surface area contributed by atoms with Crippen LogP contribution in [0.15, 0.2) is 51.8 Å². The standard InChI is InChI=1S/C17H12F3N3O3S/c18-13-5-1-10(2-6-13)8-23-9-12-4-3-11(7-14(12)27(23,24)25)16-21-22-17(26-16)15(19)20/h1-7,15H,8-9H2. The Kier molecular flexibility index (Phi) is 4.23. The summed E-state index contributed by atoms with van der Waals surface area (Å²) in [4.78, 5) is 0.0545. The average molecular weight is 395 g/mol. The van der Waals surface area contributed by atoms with Crippen LogP contribution in [0.2, 0.25) is 0 Å². The Bertz CT molecular complexity index is 1100. The molecule has 0 atom stereocenters. The lowest BCUT2D eigenvalue weighted by atomic mass is 10.1. The third-order valence-corrected chi connectivity index (χ3v) is 6.05. The quantitative estimate of drug-likeness (QED) is 0.676. The summed E-state index contributed by atoms with van der Waals surface area (Å²) in [6, 6.07) is 10.0. The van der Waals surface area contributed by atoms with E-state index in [4.69, 9.17) is 4.42 Å². The molecule has 2 aromatic carbocycles. The fraction of sp³-hybridized carbons (Fsp3) is 0.176. The Morgan fingerprint density at radius 2 is 1.85 bits per heavy atom. The highest BCUT2D eigenvalue weighted by atomic mass is 32.2. The second-order valence-electron chi connectivity index (χ2n) is 5.97. The Morgan fingerprint density at radius 1 is 1.11 bits per heavy atom. The first kappa shape index (κ1) is 17.7. The smallest absolute Gasteiger partial charge is 0.314 e. The van der Waals surface area contributed by atoms with Gasteiger partial charge in [-0.15, -0.1) is 10.2 Å². The van der Waals surface area contributed by atoms with Crippen molar-refractivity contribution in [3.63, 3.8) is 0 Å². The van der Waals surface area contributed by atoms with E-state index in [1.54, 1.807) is 12.1 Å². The van der Waals surface area contributed by atoms with Gasteiger partial charge < -0.3 is 4.42 Å². The summed E-state index contributed by atoms with van der Waals surface area (Å²) < 4.78 is 70.0. The average Bonchev–Trinajstić information content (AvgIpc) is 3.21. The van der Waals surface area contributed by atoms with Crippen molar-refractivity contribution >= 4 is 10.0 Å². The molecule has 0 saturated carbocycles. The molecule has 2 heterocycles. The summed E-state index contributed by atoms with van der Waals surface area (Å²) in [6.45, 7) is 0.240. The minimum absolute atomic E-state index is 0.0545. The lowest BCUT2D eigenvalue weighted by Gasteiger charge is -2.14. The van der Waals surface area contributed by atoms with Crippen LogP contribution in [0, 0.1) is 5.82 Å². The highest BCUT2D eigenvalue weighted by Crippen LogP contribution is 2.35. The number of fused-ring (bicyclic) bond motifs is 1. The first-order valence-electron chi connectivity index (χ1n) is 7.84. The molecule has 0 fully saturated rings. The predicted octanol–water partition coefficient (Wildman–Crippen LogP) is 3.52. The summed E-state index contributed by atoms with van der Waals surface area (Å²) in [6.07, 6.45) is -2.91. The molecular formula is C17H12F3N3O3S. The Morgan fingerprint density at radius 3 is 2.52 bits per heavy atom. The van der Waals surface area contributed by atoms with E-state index in [1.165, 1.54) is 34.6 Å². The minimum Gasteiger partial charge on any atom is -0.415 e. The Balaban J connectivity index is 1.64. The topological polar surface area (TPSA) is 76.3 Å². The van der Waals surface area contributed by atoms with Gasteiger partial charge in [0.2, 0.25) is 15.9 Å². The van der Waals surface area contributed by atoms with Crippen molar-refractivity contribution in [2.24, 2.45) is 0 Å². The van der Waals surface area contributed by atoms with Crippen molar-refractivity contribution in [2.45, 2.75) is 24.4 Å². The van der Waals surface area contributed by atoms with Crippen LogP contribution in [-0.2, 0) is 23.1 Å². The normalized spacial score (nSPS) is 16.0. The molecule has 10 heteroatoms. The molecule has 6 nitrogen and oxygen atoms in total. The van der Waals surface area contributed by atoms with Crippen LogP contribution < -0.4 is 0 Å². The first-order valence-corrected chi connectivity index (χ1v) is 9.28. The van der Waals surface area contributed by atoms with Crippen LogP contribution >= 0.6 is 0 Å². The van der Waals surface area contributed by atoms with Crippen LogP contribution in [-0.4, -0.2) is 22.9 Å². The van der Waals surface area contributed by atoms with Gasteiger partial charge in [0.25, 0.3) is 5.89 Å². The van der Waals surface area contributed by atoms with E-state index in [0.29, 0.717) is 11.1 Å². The van der Waals surface area contributed by atoms with Gasteiger partial charge in [0, 0.05) is 18.7 Å². The maximum atomic E-state index is 13.0. The summed E-state index contributed by atoms with van der Waals surface area (Å²) >= 11 is 0. The lowest BCUT2D eigenvalue weighted by molar-refractivity contribution is 0.116. The van der Waals surface area contributed by atoms with Gasteiger partial charge in [-0.25, -0.2) is 12.8 Å². The zero-order valence-electron chi connectivity index (χ0n) is 13.6. The second kappa shape index (κ2) is 6.46. The fourth-order valence-corrected chi connectivity index (χ4v) is 4.49. The van der Waals surface area contributed by atoms with Gasteiger partial charge in [-0.3, -0.25) is 0 Å². The highest BCUT2D eigenvalue weighted by molar-refractivity contribution is 7.89. The summed E-state index contributed by atoms with van der Waals surface area (Å²) in [5, 5.41) is 6.78. The van der Waals surface area contributed by atoms with E-state index in [0.717, 1.165) is 0 Å². The molecule has 1 aliphatic rings. The number of hydrogen-bond donors (Lipinski definition) is 0. The Labute approximate surface area is 152 Å². The summed E-state index contributed by atoms with van der Waals surface area (Å²) in [5.74, 6) is -1.41. The van der Waals surface area contributed by atoms with Crippen molar-refractivity contribution in [1.29, 1.82) is 0 Å². The SMILES string of the molecule is O=S1(=O)c2cc(-c3nnc(C(F)F)o3)ccc2CN1Cc1ccc(F)cc1. The van der Waals surface area contributed by atoms with Crippen LogP contribution in [0.4, 0.5) is 13.2 Å². The monoisotopic (exact) mass is 395 g/mol. The van der Waals surface area contributed by atoms with Crippen molar-refractivity contribution in [1.82, 2.24) is 14.5 Å². The molecule has 0 N–H and O–H groups in total. The molecule has 1 aromatic heterocycles. The van der Waals surface area contributed by atoms with E-state index < -0.39 is 28.2 Å². The third kappa shape index (κ3) is 3.21. The van der Waals surface area contributed by atoms with Crippen LogP contribution in [0.5, 0.6) is 0 Å². The molecule has 140 valence electrons. The van der Waals surface area contributed by atoms with E-state index >= 15 is 0 Å². The fourth-order valence-electron chi connectivity index (χ4n) is 2.85. The summed E-state index contributed by atoms with van der Waals surface area (Å²) in [5.41, 5.74) is 1.45. The van der Waals surface area contributed by atoms with Crippen molar-refractivity contribution in [3.05, 3.63) is 65.3 Å². The molecule has 0 unspecified atom stereocenters. The van der Waals surface area contributed by atoms with Crippen molar-refractivity contribution in [2.75, 3.05) is 0 Å². The number of nitrogens with zero attached hydrogens (tertiary/aromatic N) is 3. The molecule has 27 heavy (non-hydrogen) atoms.